The van der Waals surface area contributed by atoms with Crippen molar-refractivity contribution in [3.05, 3.63) is 21.9 Å². The van der Waals surface area contributed by atoms with Gasteiger partial charge in [-0.3, -0.25) is 0 Å². The van der Waals surface area contributed by atoms with Crippen LogP contribution in [0.2, 0.25) is 6.82 Å². The fourth-order valence-electron chi connectivity index (χ4n) is 2.00. The molecule has 1 aliphatic heterocycles. The average Bonchev–Trinajstić information content (AvgIpc) is 2.68. The van der Waals surface area contributed by atoms with Crippen LogP contribution in [0.4, 0.5) is 0 Å². The quantitative estimate of drug-likeness (QED) is 0.635. The molecule has 1 nitrogen and oxygen atoms in total. The predicted molar refractivity (Wildman–Crippen MR) is 69.0 cm³/mol. The van der Waals surface area contributed by atoms with Gasteiger partial charge in [-0.1, -0.05) is 0 Å². The summed E-state index contributed by atoms with van der Waals surface area (Å²) in [5.74, 6) is 1.07. The number of thiophene rings is 2. The minimum atomic E-state index is 0.200. The van der Waals surface area contributed by atoms with E-state index in [0.717, 1.165) is 5.75 Å². The number of hydrogen-bond donors (Lipinski definition) is 0. The summed E-state index contributed by atoms with van der Waals surface area (Å²) in [5, 5.41) is 0. The van der Waals surface area contributed by atoms with Crippen molar-refractivity contribution < 1.29 is 4.65 Å². The van der Waals surface area contributed by atoms with Crippen LogP contribution in [0.5, 0.6) is 5.75 Å². The highest BCUT2D eigenvalue weighted by Gasteiger charge is 2.29. The van der Waals surface area contributed by atoms with Gasteiger partial charge in [0.1, 0.15) is 5.75 Å². The van der Waals surface area contributed by atoms with Gasteiger partial charge in [-0.25, -0.2) is 0 Å². The normalized spacial score (nSPS) is 13.4. The van der Waals surface area contributed by atoms with Crippen molar-refractivity contribution in [2.75, 3.05) is 0 Å². The molecule has 76 valence electrons. The molecular weight excluding hydrogens is 223 g/mol. The Balaban J connectivity index is 2.28. The van der Waals surface area contributed by atoms with E-state index in [0.29, 0.717) is 0 Å². The average molecular weight is 234 g/mol. The van der Waals surface area contributed by atoms with E-state index >= 15 is 0 Å². The van der Waals surface area contributed by atoms with Gasteiger partial charge in [-0.15, -0.1) is 22.7 Å². The van der Waals surface area contributed by atoms with Crippen LogP contribution in [-0.2, 0) is 0 Å². The van der Waals surface area contributed by atoms with E-state index in [1.807, 2.05) is 22.7 Å². The molecule has 0 amide bonds. The third kappa shape index (κ3) is 1.35. The Kier molecular flexibility index (Phi) is 1.98. The highest BCUT2D eigenvalue weighted by Crippen LogP contribution is 2.43. The van der Waals surface area contributed by atoms with Crippen molar-refractivity contribution in [2.45, 2.75) is 20.7 Å². The Bertz CT molecular complexity index is 527. The summed E-state index contributed by atoms with van der Waals surface area (Å²) in [6.45, 7) is 6.62. The standard InChI is InChI=1S/C11H11BOS2/c1-6-4-8-10(14-6)11-9(13-12(8)3)5-7(2)15-11/h4-5H,1-3H3. The van der Waals surface area contributed by atoms with E-state index in [2.05, 4.69) is 32.8 Å². The Hall–Kier alpha value is -0.735. The summed E-state index contributed by atoms with van der Waals surface area (Å²) in [6.07, 6.45) is 0. The SMILES string of the molecule is CB1Oc2cc(C)sc2-c2sc(C)cc21. The van der Waals surface area contributed by atoms with Crippen LogP contribution < -0.4 is 10.1 Å². The van der Waals surface area contributed by atoms with Crippen LogP contribution in [0.1, 0.15) is 9.75 Å². The molecule has 0 spiro atoms. The number of aryl methyl sites for hydroxylation is 2. The third-order valence-corrected chi connectivity index (χ3v) is 4.92. The lowest BCUT2D eigenvalue weighted by atomic mass is 9.62. The predicted octanol–water partition coefficient (Wildman–Crippen LogP) is 3.31. The van der Waals surface area contributed by atoms with Gasteiger partial charge in [0, 0.05) is 14.6 Å². The fourth-order valence-corrected chi connectivity index (χ4v) is 4.20. The number of hydrogen-bond acceptors (Lipinski definition) is 3. The van der Waals surface area contributed by atoms with Crippen LogP contribution in [0.25, 0.3) is 9.75 Å². The lowest BCUT2D eigenvalue weighted by molar-refractivity contribution is 0.588. The van der Waals surface area contributed by atoms with E-state index in [9.17, 15) is 0 Å². The molecule has 0 fully saturated rings. The van der Waals surface area contributed by atoms with Crippen LogP contribution in [0, 0.1) is 13.8 Å². The summed E-state index contributed by atoms with van der Waals surface area (Å²) >= 11 is 3.71. The largest absolute Gasteiger partial charge is 0.555 e. The van der Waals surface area contributed by atoms with Crippen LogP contribution in [0.15, 0.2) is 12.1 Å². The minimum absolute atomic E-state index is 0.200. The third-order valence-electron chi connectivity index (χ3n) is 2.65. The zero-order chi connectivity index (χ0) is 10.6. The van der Waals surface area contributed by atoms with Gasteiger partial charge < -0.3 is 4.65 Å². The Morgan fingerprint density at radius 2 is 1.73 bits per heavy atom. The molecule has 2 aromatic heterocycles. The van der Waals surface area contributed by atoms with Crippen molar-refractivity contribution in [3.63, 3.8) is 0 Å². The van der Waals surface area contributed by atoms with Gasteiger partial charge in [-0.05, 0) is 38.3 Å². The molecule has 0 bridgehead atoms. The second-order valence-electron chi connectivity index (χ2n) is 3.95. The molecule has 2 aromatic rings. The zero-order valence-electron chi connectivity index (χ0n) is 8.96. The summed E-state index contributed by atoms with van der Waals surface area (Å²) in [4.78, 5) is 5.43. The van der Waals surface area contributed by atoms with E-state index < -0.39 is 0 Å². The number of fused-ring (bicyclic) bond motifs is 3. The van der Waals surface area contributed by atoms with Crippen molar-refractivity contribution in [2.24, 2.45) is 0 Å². The van der Waals surface area contributed by atoms with Crippen molar-refractivity contribution >= 4 is 35.1 Å². The Morgan fingerprint density at radius 1 is 1.07 bits per heavy atom. The first kappa shape index (κ1) is 9.49. The highest BCUT2D eigenvalue weighted by molar-refractivity contribution is 7.24. The second kappa shape index (κ2) is 3.13. The molecule has 0 aromatic carbocycles. The molecule has 0 radical (unpaired) electrons. The van der Waals surface area contributed by atoms with Crippen molar-refractivity contribution in [1.29, 1.82) is 0 Å². The van der Waals surface area contributed by atoms with Gasteiger partial charge in [0.25, 0.3) is 0 Å². The van der Waals surface area contributed by atoms with Crippen molar-refractivity contribution in [1.82, 2.24) is 0 Å². The minimum Gasteiger partial charge on any atom is -0.555 e. The lowest BCUT2D eigenvalue weighted by Crippen LogP contribution is -2.35. The summed E-state index contributed by atoms with van der Waals surface area (Å²) in [5.41, 5.74) is 1.35. The molecule has 4 heteroatoms. The molecule has 3 rings (SSSR count). The monoisotopic (exact) mass is 234 g/mol. The van der Waals surface area contributed by atoms with E-state index in [1.54, 1.807) is 0 Å². The molecular formula is C11H11BOS2. The molecule has 0 saturated heterocycles. The van der Waals surface area contributed by atoms with Gasteiger partial charge >= 0.3 is 6.92 Å². The summed E-state index contributed by atoms with van der Waals surface area (Å²) in [7, 11) is 0. The van der Waals surface area contributed by atoms with Crippen molar-refractivity contribution in [3.8, 4) is 15.5 Å². The summed E-state index contributed by atoms with van der Waals surface area (Å²) < 4.78 is 5.91. The molecule has 0 N–H and O–H groups in total. The second-order valence-corrected chi connectivity index (χ2v) is 6.46. The first-order valence-electron chi connectivity index (χ1n) is 5.03. The van der Waals surface area contributed by atoms with Gasteiger partial charge in [0.2, 0.25) is 0 Å². The highest BCUT2D eigenvalue weighted by atomic mass is 32.1. The van der Waals surface area contributed by atoms with Gasteiger partial charge in [-0.2, -0.15) is 0 Å². The van der Waals surface area contributed by atoms with Crippen LogP contribution >= 0.6 is 22.7 Å². The maximum absolute atomic E-state index is 5.91. The molecule has 0 aliphatic carbocycles. The molecule has 15 heavy (non-hydrogen) atoms. The maximum Gasteiger partial charge on any atom is 0.389 e. The van der Waals surface area contributed by atoms with E-state index in [4.69, 9.17) is 4.65 Å². The first-order valence-corrected chi connectivity index (χ1v) is 6.66. The van der Waals surface area contributed by atoms with Crippen LogP contribution in [-0.4, -0.2) is 6.92 Å². The van der Waals surface area contributed by atoms with Crippen LogP contribution in [0.3, 0.4) is 0 Å². The van der Waals surface area contributed by atoms with E-state index in [1.165, 1.54) is 25.0 Å². The topological polar surface area (TPSA) is 9.23 Å². The molecule has 1 aliphatic rings. The van der Waals surface area contributed by atoms with Gasteiger partial charge in [0.15, 0.2) is 0 Å². The lowest BCUT2D eigenvalue weighted by Gasteiger charge is -2.18. The smallest absolute Gasteiger partial charge is 0.389 e. The molecule has 0 atom stereocenters. The fraction of sp³-hybridized carbons (Fsp3) is 0.273. The van der Waals surface area contributed by atoms with E-state index in [-0.39, 0.29) is 6.92 Å². The molecule has 3 heterocycles. The Morgan fingerprint density at radius 3 is 2.53 bits per heavy atom. The molecule has 0 saturated carbocycles. The number of rotatable bonds is 0. The maximum atomic E-state index is 5.91. The zero-order valence-corrected chi connectivity index (χ0v) is 10.6. The summed E-state index contributed by atoms with van der Waals surface area (Å²) in [6, 6.07) is 4.40. The Labute approximate surface area is 97.8 Å². The molecule has 0 unspecified atom stereocenters. The van der Waals surface area contributed by atoms with Gasteiger partial charge in [0.05, 0.1) is 4.88 Å². The first-order chi connectivity index (χ1) is 7.15.